The number of carboxylic acids is 1. The Morgan fingerprint density at radius 3 is 2.87 bits per heavy atom. The fraction of sp³-hybridized carbons (Fsp3) is 0.200. The highest BCUT2D eigenvalue weighted by molar-refractivity contribution is 6.03. The molecule has 5 nitrogen and oxygen atoms in total. The van der Waals surface area contributed by atoms with Crippen molar-refractivity contribution < 1.29 is 19.4 Å². The van der Waals surface area contributed by atoms with Crippen molar-refractivity contribution in [2.75, 3.05) is 7.11 Å². The predicted octanol–water partition coefficient (Wildman–Crippen LogP) is 0.564. The molecule has 1 aliphatic rings. The highest BCUT2D eigenvalue weighted by Gasteiger charge is 2.33. The highest BCUT2D eigenvalue weighted by atomic mass is 16.5. The summed E-state index contributed by atoms with van der Waals surface area (Å²) in [6.45, 7) is 0. The Hall–Kier alpha value is -2.04. The van der Waals surface area contributed by atoms with Gasteiger partial charge in [-0.3, -0.25) is 4.79 Å². The molecule has 0 saturated carbocycles. The van der Waals surface area contributed by atoms with Gasteiger partial charge in [-0.25, -0.2) is 4.79 Å². The molecule has 0 aromatic heterocycles. The molecule has 0 aliphatic carbocycles. The standard InChI is InChI=1S/C10H9NO4/c1-15-5-2-3-6-7(4-5)9(12)11-8(6)10(13)14/h2-4,8H,1H3,(H,11,12)(H,13,14)/t8-/m1/s1. The van der Waals surface area contributed by atoms with Gasteiger partial charge in [0, 0.05) is 5.56 Å². The molecule has 0 spiro atoms. The maximum absolute atomic E-state index is 11.4. The predicted molar refractivity (Wildman–Crippen MR) is 50.8 cm³/mol. The number of hydrogen-bond acceptors (Lipinski definition) is 3. The van der Waals surface area contributed by atoms with Crippen LogP contribution in [0.2, 0.25) is 0 Å². The Labute approximate surface area is 85.7 Å². The van der Waals surface area contributed by atoms with Gasteiger partial charge < -0.3 is 15.2 Å². The monoisotopic (exact) mass is 207 g/mol. The van der Waals surface area contributed by atoms with E-state index < -0.39 is 12.0 Å². The summed E-state index contributed by atoms with van der Waals surface area (Å²) >= 11 is 0. The smallest absolute Gasteiger partial charge is 0.330 e. The number of fused-ring (bicyclic) bond motifs is 1. The van der Waals surface area contributed by atoms with Gasteiger partial charge in [0.1, 0.15) is 5.75 Å². The van der Waals surface area contributed by atoms with Gasteiger partial charge in [-0.05, 0) is 17.7 Å². The van der Waals surface area contributed by atoms with Gasteiger partial charge in [0.2, 0.25) is 0 Å². The number of nitrogens with one attached hydrogen (secondary N) is 1. The van der Waals surface area contributed by atoms with Crippen LogP contribution in [-0.4, -0.2) is 24.1 Å². The van der Waals surface area contributed by atoms with Crippen molar-refractivity contribution >= 4 is 11.9 Å². The summed E-state index contributed by atoms with van der Waals surface area (Å²) in [6, 6.07) is 3.81. The highest BCUT2D eigenvalue weighted by Crippen LogP contribution is 2.28. The first kappa shape index (κ1) is 9.51. The van der Waals surface area contributed by atoms with Crippen molar-refractivity contribution in [3.8, 4) is 5.75 Å². The van der Waals surface area contributed by atoms with Crippen LogP contribution in [0.5, 0.6) is 5.75 Å². The van der Waals surface area contributed by atoms with E-state index in [0.29, 0.717) is 16.9 Å². The number of methoxy groups -OCH3 is 1. The summed E-state index contributed by atoms with van der Waals surface area (Å²) in [5.41, 5.74) is 0.843. The van der Waals surface area contributed by atoms with E-state index in [9.17, 15) is 9.59 Å². The van der Waals surface area contributed by atoms with Gasteiger partial charge in [0.25, 0.3) is 5.91 Å². The quantitative estimate of drug-likeness (QED) is 0.743. The van der Waals surface area contributed by atoms with Crippen LogP contribution < -0.4 is 10.1 Å². The zero-order valence-electron chi connectivity index (χ0n) is 7.98. The Morgan fingerprint density at radius 2 is 2.27 bits per heavy atom. The summed E-state index contributed by atoms with van der Waals surface area (Å²) < 4.78 is 4.96. The number of benzene rings is 1. The fourth-order valence-electron chi connectivity index (χ4n) is 1.59. The molecule has 0 fully saturated rings. The topological polar surface area (TPSA) is 75.6 Å². The molecule has 15 heavy (non-hydrogen) atoms. The zero-order valence-corrected chi connectivity index (χ0v) is 7.98. The van der Waals surface area contributed by atoms with E-state index in [2.05, 4.69) is 5.32 Å². The Bertz CT molecular complexity index is 441. The van der Waals surface area contributed by atoms with Crippen LogP contribution in [0.15, 0.2) is 18.2 Å². The number of ether oxygens (including phenoxy) is 1. The molecule has 1 aromatic carbocycles. The zero-order chi connectivity index (χ0) is 11.0. The molecule has 2 rings (SSSR count). The van der Waals surface area contributed by atoms with E-state index in [1.807, 2.05) is 0 Å². The molecule has 0 radical (unpaired) electrons. The van der Waals surface area contributed by atoms with E-state index in [1.165, 1.54) is 13.2 Å². The van der Waals surface area contributed by atoms with Crippen molar-refractivity contribution in [3.63, 3.8) is 0 Å². The molecule has 0 unspecified atom stereocenters. The Morgan fingerprint density at radius 1 is 1.53 bits per heavy atom. The Kier molecular flexibility index (Phi) is 2.07. The Balaban J connectivity index is 2.50. The van der Waals surface area contributed by atoms with Crippen LogP contribution in [0.4, 0.5) is 0 Å². The van der Waals surface area contributed by atoms with E-state index in [1.54, 1.807) is 12.1 Å². The maximum atomic E-state index is 11.4. The lowest BCUT2D eigenvalue weighted by molar-refractivity contribution is -0.139. The second kappa shape index (κ2) is 3.27. The molecular weight excluding hydrogens is 198 g/mol. The maximum Gasteiger partial charge on any atom is 0.330 e. The largest absolute Gasteiger partial charge is 0.497 e. The van der Waals surface area contributed by atoms with E-state index in [-0.39, 0.29) is 5.91 Å². The van der Waals surface area contributed by atoms with Crippen LogP contribution in [0, 0.1) is 0 Å². The minimum absolute atomic E-state index is 0.363. The molecule has 1 aliphatic heterocycles. The molecule has 1 aromatic rings. The van der Waals surface area contributed by atoms with E-state index >= 15 is 0 Å². The molecule has 2 N–H and O–H groups in total. The number of carboxylic acid groups (broad SMARTS) is 1. The number of carbonyl (C=O) groups is 2. The van der Waals surface area contributed by atoms with Gasteiger partial charge in [0.05, 0.1) is 7.11 Å². The lowest BCUT2D eigenvalue weighted by Crippen LogP contribution is -2.25. The molecule has 1 heterocycles. The molecule has 1 amide bonds. The first-order valence-corrected chi connectivity index (χ1v) is 4.35. The minimum Gasteiger partial charge on any atom is -0.497 e. The number of aliphatic carboxylic acids is 1. The summed E-state index contributed by atoms with van der Waals surface area (Å²) in [5.74, 6) is -0.904. The third kappa shape index (κ3) is 1.41. The normalized spacial score (nSPS) is 18.2. The molecule has 78 valence electrons. The van der Waals surface area contributed by atoms with Crippen LogP contribution >= 0.6 is 0 Å². The van der Waals surface area contributed by atoms with Crippen LogP contribution in [0.3, 0.4) is 0 Å². The summed E-state index contributed by atoms with van der Waals surface area (Å²) in [7, 11) is 1.49. The molecule has 5 heteroatoms. The van der Waals surface area contributed by atoms with Gasteiger partial charge in [-0.1, -0.05) is 6.07 Å². The minimum atomic E-state index is -1.06. The SMILES string of the molecule is COc1ccc2c(c1)C(=O)N[C@H]2C(=O)O. The van der Waals surface area contributed by atoms with Crippen molar-refractivity contribution in [2.45, 2.75) is 6.04 Å². The van der Waals surface area contributed by atoms with Crippen LogP contribution in [-0.2, 0) is 4.79 Å². The lowest BCUT2D eigenvalue weighted by Gasteiger charge is -2.05. The summed E-state index contributed by atoms with van der Waals surface area (Å²) in [5, 5.41) is 11.2. The molecule has 0 saturated heterocycles. The first-order valence-electron chi connectivity index (χ1n) is 4.35. The van der Waals surface area contributed by atoms with Crippen molar-refractivity contribution in [3.05, 3.63) is 29.3 Å². The number of carbonyl (C=O) groups excluding carboxylic acids is 1. The molecule has 0 bridgehead atoms. The third-order valence-corrected chi connectivity index (χ3v) is 2.34. The van der Waals surface area contributed by atoms with Gasteiger partial charge in [0.15, 0.2) is 6.04 Å². The molecule has 1 atom stereocenters. The van der Waals surface area contributed by atoms with Crippen molar-refractivity contribution in [1.29, 1.82) is 0 Å². The summed E-state index contributed by atoms with van der Waals surface area (Å²) in [6.07, 6.45) is 0. The van der Waals surface area contributed by atoms with Crippen molar-refractivity contribution in [2.24, 2.45) is 0 Å². The van der Waals surface area contributed by atoms with Gasteiger partial charge in [-0.15, -0.1) is 0 Å². The lowest BCUT2D eigenvalue weighted by atomic mass is 10.0. The summed E-state index contributed by atoms with van der Waals surface area (Å²) in [4.78, 5) is 22.2. The fourth-order valence-corrected chi connectivity index (χ4v) is 1.59. The molecular formula is C10H9NO4. The second-order valence-corrected chi connectivity index (χ2v) is 3.20. The second-order valence-electron chi connectivity index (χ2n) is 3.20. The van der Waals surface area contributed by atoms with E-state index in [4.69, 9.17) is 9.84 Å². The average molecular weight is 207 g/mol. The van der Waals surface area contributed by atoms with E-state index in [0.717, 1.165) is 0 Å². The van der Waals surface area contributed by atoms with Gasteiger partial charge >= 0.3 is 5.97 Å². The number of hydrogen-bond donors (Lipinski definition) is 2. The van der Waals surface area contributed by atoms with Crippen molar-refractivity contribution in [1.82, 2.24) is 5.32 Å². The van der Waals surface area contributed by atoms with Gasteiger partial charge in [-0.2, -0.15) is 0 Å². The van der Waals surface area contributed by atoms with Crippen LogP contribution in [0.1, 0.15) is 22.0 Å². The first-order chi connectivity index (χ1) is 7.13. The third-order valence-electron chi connectivity index (χ3n) is 2.34. The average Bonchev–Trinajstić information content (AvgIpc) is 2.56. The van der Waals surface area contributed by atoms with Crippen LogP contribution in [0.25, 0.3) is 0 Å². The number of rotatable bonds is 2. The number of amides is 1.